The lowest BCUT2D eigenvalue weighted by atomic mass is 10.1. The number of carbonyl (C=O) groups is 2. The van der Waals surface area contributed by atoms with Crippen molar-refractivity contribution in [2.45, 2.75) is 26.4 Å². The summed E-state index contributed by atoms with van der Waals surface area (Å²) in [6.07, 6.45) is -0.552. The number of aromatic hydroxyl groups is 1. The minimum absolute atomic E-state index is 0.0901. The largest absolute Gasteiger partial charge is 0.505 e. The van der Waals surface area contributed by atoms with Crippen LogP contribution in [-0.4, -0.2) is 35.8 Å². The lowest BCUT2D eigenvalue weighted by molar-refractivity contribution is 0.0526. The number of hydrogen-bond acceptors (Lipinski definition) is 5. The summed E-state index contributed by atoms with van der Waals surface area (Å²) in [5.41, 5.74) is 5.16. The summed E-state index contributed by atoms with van der Waals surface area (Å²) in [7, 11) is 0. The van der Waals surface area contributed by atoms with Gasteiger partial charge in [0.25, 0.3) is 5.91 Å². The van der Waals surface area contributed by atoms with Gasteiger partial charge < -0.3 is 26.2 Å². The molecule has 1 rings (SSSR count). The van der Waals surface area contributed by atoms with Crippen LogP contribution in [0.1, 0.15) is 31.1 Å². The molecule has 0 aliphatic heterocycles. The summed E-state index contributed by atoms with van der Waals surface area (Å²) in [4.78, 5) is 23.2. The van der Waals surface area contributed by atoms with Gasteiger partial charge in [0.05, 0.1) is 11.3 Å². The third-order valence-electron chi connectivity index (χ3n) is 2.39. The lowest BCUT2D eigenvalue weighted by Crippen LogP contribution is -2.37. The minimum atomic E-state index is -0.569. The van der Waals surface area contributed by atoms with Crippen LogP contribution in [0.3, 0.4) is 0 Å². The van der Waals surface area contributed by atoms with Crippen molar-refractivity contribution in [2.24, 2.45) is 0 Å². The van der Waals surface area contributed by atoms with Gasteiger partial charge in [-0.15, -0.1) is 0 Å². The molecule has 2 amide bonds. The molecule has 0 aliphatic rings. The molecule has 1 aromatic carbocycles. The zero-order valence-corrected chi connectivity index (χ0v) is 12.4. The SMILES string of the molecule is CC(C)(C)OC(=O)NCCNC(=O)c1cccc(N)c1O. The molecule has 0 radical (unpaired) electrons. The highest BCUT2D eigenvalue weighted by atomic mass is 16.6. The zero-order valence-electron chi connectivity index (χ0n) is 12.4. The van der Waals surface area contributed by atoms with Gasteiger partial charge >= 0.3 is 6.09 Å². The number of nitrogens with two attached hydrogens (primary N) is 1. The van der Waals surface area contributed by atoms with Crippen LogP contribution >= 0.6 is 0 Å². The molecule has 0 aromatic heterocycles. The van der Waals surface area contributed by atoms with Crippen LogP contribution < -0.4 is 16.4 Å². The summed E-state index contributed by atoms with van der Waals surface area (Å²) in [6, 6.07) is 4.53. The predicted molar refractivity (Wildman–Crippen MR) is 79.1 cm³/mol. The molecule has 7 nitrogen and oxygen atoms in total. The van der Waals surface area contributed by atoms with Gasteiger partial charge in [-0.2, -0.15) is 0 Å². The van der Waals surface area contributed by atoms with Gasteiger partial charge in [0.1, 0.15) is 5.60 Å². The number of amides is 2. The van der Waals surface area contributed by atoms with Gasteiger partial charge in [-0.3, -0.25) is 4.79 Å². The van der Waals surface area contributed by atoms with Gasteiger partial charge in [0.2, 0.25) is 0 Å². The van der Waals surface area contributed by atoms with Crippen LogP contribution in [0.25, 0.3) is 0 Å². The Kier molecular flexibility index (Phi) is 5.40. The van der Waals surface area contributed by atoms with Crippen molar-refractivity contribution >= 4 is 17.7 Å². The quantitative estimate of drug-likeness (QED) is 0.379. The Balaban J connectivity index is 2.38. The van der Waals surface area contributed by atoms with Crippen molar-refractivity contribution in [3.63, 3.8) is 0 Å². The molecule has 0 unspecified atom stereocenters. The third-order valence-corrected chi connectivity index (χ3v) is 2.39. The summed E-state index contributed by atoms with van der Waals surface area (Å²) < 4.78 is 5.04. The van der Waals surface area contributed by atoms with Gasteiger partial charge in [-0.1, -0.05) is 6.07 Å². The van der Waals surface area contributed by atoms with Crippen molar-refractivity contribution in [3.8, 4) is 5.75 Å². The second kappa shape index (κ2) is 6.83. The van der Waals surface area contributed by atoms with Gasteiger partial charge in [0.15, 0.2) is 5.75 Å². The summed E-state index contributed by atoms with van der Waals surface area (Å²) in [6.45, 7) is 5.70. The first kappa shape index (κ1) is 16.6. The molecule has 0 spiro atoms. The highest BCUT2D eigenvalue weighted by Gasteiger charge is 2.16. The number of phenolic OH excluding ortho intramolecular Hbond substituents is 1. The van der Waals surface area contributed by atoms with E-state index in [1.807, 2.05) is 0 Å². The number of nitrogens with one attached hydrogen (secondary N) is 2. The van der Waals surface area contributed by atoms with Crippen LogP contribution in [-0.2, 0) is 4.74 Å². The summed E-state index contributed by atoms with van der Waals surface area (Å²) in [5.74, 6) is -0.721. The molecule has 5 N–H and O–H groups in total. The number of para-hydroxylation sites is 1. The van der Waals surface area contributed by atoms with Crippen molar-refractivity contribution in [1.29, 1.82) is 0 Å². The standard InChI is InChI=1S/C14H21N3O4/c1-14(2,3)21-13(20)17-8-7-16-12(19)9-5-4-6-10(15)11(9)18/h4-6,18H,7-8,15H2,1-3H3,(H,16,19)(H,17,20). The molecule has 0 fully saturated rings. The van der Waals surface area contributed by atoms with E-state index >= 15 is 0 Å². The average Bonchev–Trinajstić information content (AvgIpc) is 2.35. The van der Waals surface area contributed by atoms with Crippen LogP contribution in [0.15, 0.2) is 18.2 Å². The number of rotatable bonds is 4. The van der Waals surface area contributed by atoms with Crippen LogP contribution in [0.4, 0.5) is 10.5 Å². The van der Waals surface area contributed by atoms with Crippen LogP contribution in [0.5, 0.6) is 5.75 Å². The molecule has 0 bridgehead atoms. The maximum atomic E-state index is 11.8. The first-order valence-electron chi connectivity index (χ1n) is 6.53. The number of carbonyl (C=O) groups excluding carboxylic acids is 2. The first-order chi connectivity index (χ1) is 9.70. The molecule has 21 heavy (non-hydrogen) atoms. The molecule has 1 aromatic rings. The second-order valence-corrected chi connectivity index (χ2v) is 5.43. The van der Waals surface area contributed by atoms with E-state index in [4.69, 9.17) is 10.5 Å². The molecule has 0 saturated heterocycles. The van der Waals surface area contributed by atoms with E-state index in [1.54, 1.807) is 26.8 Å². The number of hydrogen-bond donors (Lipinski definition) is 4. The summed E-state index contributed by atoms with van der Waals surface area (Å²) >= 11 is 0. The number of alkyl carbamates (subject to hydrolysis) is 1. The van der Waals surface area contributed by atoms with E-state index in [0.717, 1.165) is 0 Å². The topological polar surface area (TPSA) is 114 Å². The minimum Gasteiger partial charge on any atom is -0.505 e. The fraction of sp³-hybridized carbons (Fsp3) is 0.429. The first-order valence-corrected chi connectivity index (χ1v) is 6.53. The number of anilines is 1. The van der Waals surface area contributed by atoms with E-state index in [1.165, 1.54) is 12.1 Å². The van der Waals surface area contributed by atoms with Crippen LogP contribution in [0, 0.1) is 0 Å². The third kappa shape index (κ3) is 5.60. The fourth-order valence-corrected chi connectivity index (χ4v) is 1.49. The molecule has 0 atom stereocenters. The zero-order chi connectivity index (χ0) is 16.0. The van der Waals surface area contributed by atoms with E-state index < -0.39 is 17.6 Å². The van der Waals surface area contributed by atoms with E-state index in [9.17, 15) is 14.7 Å². The van der Waals surface area contributed by atoms with Gasteiger partial charge in [-0.25, -0.2) is 4.79 Å². The Morgan fingerprint density at radius 3 is 2.48 bits per heavy atom. The number of benzene rings is 1. The van der Waals surface area contributed by atoms with Crippen molar-refractivity contribution in [1.82, 2.24) is 10.6 Å². The number of nitrogen functional groups attached to an aromatic ring is 1. The molecular weight excluding hydrogens is 274 g/mol. The van der Waals surface area contributed by atoms with E-state index in [2.05, 4.69) is 10.6 Å². The normalized spacial score (nSPS) is 10.8. The number of ether oxygens (including phenoxy) is 1. The van der Waals surface area contributed by atoms with E-state index in [-0.39, 0.29) is 30.1 Å². The van der Waals surface area contributed by atoms with E-state index in [0.29, 0.717) is 0 Å². The Hall–Kier alpha value is -2.44. The van der Waals surface area contributed by atoms with Crippen molar-refractivity contribution < 1.29 is 19.4 Å². The molecule has 0 heterocycles. The van der Waals surface area contributed by atoms with Crippen molar-refractivity contribution in [2.75, 3.05) is 18.8 Å². The Bertz CT molecular complexity index is 523. The Morgan fingerprint density at radius 1 is 1.24 bits per heavy atom. The van der Waals surface area contributed by atoms with Gasteiger partial charge in [0, 0.05) is 13.1 Å². The van der Waals surface area contributed by atoms with Crippen molar-refractivity contribution in [3.05, 3.63) is 23.8 Å². The fourth-order valence-electron chi connectivity index (χ4n) is 1.49. The highest BCUT2D eigenvalue weighted by Crippen LogP contribution is 2.23. The lowest BCUT2D eigenvalue weighted by Gasteiger charge is -2.19. The number of phenols is 1. The molecule has 0 saturated carbocycles. The monoisotopic (exact) mass is 295 g/mol. The molecule has 0 aliphatic carbocycles. The van der Waals surface area contributed by atoms with Crippen LogP contribution in [0.2, 0.25) is 0 Å². The smallest absolute Gasteiger partial charge is 0.407 e. The second-order valence-electron chi connectivity index (χ2n) is 5.43. The highest BCUT2D eigenvalue weighted by molar-refractivity contribution is 5.98. The summed E-state index contributed by atoms with van der Waals surface area (Å²) in [5, 5.41) is 14.7. The molecule has 116 valence electrons. The average molecular weight is 295 g/mol. The molecular formula is C14H21N3O4. The maximum absolute atomic E-state index is 11.8. The Morgan fingerprint density at radius 2 is 1.86 bits per heavy atom. The maximum Gasteiger partial charge on any atom is 0.407 e. The molecule has 7 heteroatoms. The Labute approximate surface area is 123 Å². The van der Waals surface area contributed by atoms with Gasteiger partial charge in [-0.05, 0) is 32.9 Å². The predicted octanol–water partition coefficient (Wildman–Crippen LogP) is 1.23.